The number of hydrogen-bond donors (Lipinski definition) is 3. The average Bonchev–Trinajstić information content (AvgIpc) is 3.36. The van der Waals surface area contributed by atoms with Crippen LogP contribution in [0.25, 0.3) is 11.3 Å². The number of carbonyl (C=O) groups excluding carboxylic acids is 2. The van der Waals surface area contributed by atoms with Crippen molar-refractivity contribution in [2.24, 2.45) is 0 Å². The van der Waals surface area contributed by atoms with Crippen molar-refractivity contribution in [1.82, 2.24) is 4.98 Å². The molecule has 1 atom stereocenters. The first-order valence-corrected chi connectivity index (χ1v) is 13.3. The molecule has 4 rings (SSSR count). The fourth-order valence-corrected chi connectivity index (χ4v) is 5.20. The summed E-state index contributed by atoms with van der Waals surface area (Å²) >= 11 is 2.77. The second-order valence-electron chi connectivity index (χ2n) is 8.27. The van der Waals surface area contributed by atoms with Crippen molar-refractivity contribution in [3.63, 3.8) is 0 Å². The Labute approximate surface area is 223 Å². The van der Waals surface area contributed by atoms with Crippen molar-refractivity contribution in [3.05, 3.63) is 95.4 Å². The van der Waals surface area contributed by atoms with Gasteiger partial charge in [-0.1, -0.05) is 60.2 Å². The van der Waals surface area contributed by atoms with Crippen molar-refractivity contribution < 1.29 is 19.5 Å². The van der Waals surface area contributed by atoms with Crippen LogP contribution in [0.1, 0.15) is 29.2 Å². The number of aliphatic carboxylic acids is 1. The van der Waals surface area contributed by atoms with Crippen molar-refractivity contribution in [2.45, 2.75) is 29.9 Å². The molecule has 0 aliphatic heterocycles. The number of thioether (sulfide) groups is 1. The van der Waals surface area contributed by atoms with Crippen molar-refractivity contribution >= 4 is 51.7 Å². The molecule has 0 aliphatic rings. The van der Waals surface area contributed by atoms with Gasteiger partial charge in [0.2, 0.25) is 11.8 Å². The molecule has 4 aromatic rings. The predicted molar refractivity (Wildman–Crippen MR) is 148 cm³/mol. The Balaban J connectivity index is 1.45. The quantitative estimate of drug-likeness (QED) is 0.205. The molecule has 3 N–H and O–H groups in total. The van der Waals surface area contributed by atoms with Crippen LogP contribution in [0.2, 0.25) is 0 Å². The number of thiazole rings is 1. The first-order valence-electron chi connectivity index (χ1n) is 11.5. The summed E-state index contributed by atoms with van der Waals surface area (Å²) < 4.78 is 0. The van der Waals surface area contributed by atoms with Gasteiger partial charge in [-0.25, -0.2) is 4.98 Å². The van der Waals surface area contributed by atoms with Gasteiger partial charge in [0.25, 0.3) is 0 Å². The first kappa shape index (κ1) is 26.1. The lowest BCUT2D eigenvalue weighted by Gasteiger charge is -2.16. The number of amides is 2. The van der Waals surface area contributed by atoms with Crippen LogP contribution in [0.15, 0.2) is 89.1 Å². The summed E-state index contributed by atoms with van der Waals surface area (Å²) in [6.07, 6.45) is -0.316. The lowest BCUT2D eigenvalue weighted by molar-refractivity contribution is -0.138. The zero-order chi connectivity index (χ0) is 26.2. The molecule has 0 fully saturated rings. The van der Waals surface area contributed by atoms with Crippen molar-refractivity contribution in [2.75, 3.05) is 10.6 Å². The third kappa shape index (κ3) is 7.52. The van der Waals surface area contributed by atoms with Crippen LogP contribution in [0.4, 0.5) is 10.8 Å². The number of aromatic nitrogens is 1. The maximum Gasteiger partial charge on any atom is 0.303 e. The molecule has 1 aromatic heterocycles. The van der Waals surface area contributed by atoms with Gasteiger partial charge in [-0.05, 0) is 36.8 Å². The van der Waals surface area contributed by atoms with Gasteiger partial charge in [0.1, 0.15) is 5.25 Å². The van der Waals surface area contributed by atoms with Crippen molar-refractivity contribution in [1.29, 1.82) is 0 Å². The van der Waals surface area contributed by atoms with E-state index in [2.05, 4.69) is 15.6 Å². The number of aryl methyl sites for hydroxylation is 1. The fraction of sp³-hybridized carbons (Fsp3) is 0.143. The lowest BCUT2D eigenvalue weighted by Crippen LogP contribution is -2.19. The van der Waals surface area contributed by atoms with Gasteiger partial charge in [0.15, 0.2) is 5.13 Å². The van der Waals surface area contributed by atoms with E-state index < -0.39 is 11.2 Å². The number of carboxylic acids is 1. The minimum atomic E-state index is -1.02. The Bertz CT molecular complexity index is 1370. The number of carboxylic acid groups (broad SMARTS) is 1. The van der Waals surface area contributed by atoms with Gasteiger partial charge in [0, 0.05) is 27.9 Å². The van der Waals surface area contributed by atoms with Crippen LogP contribution in [-0.4, -0.2) is 27.9 Å². The smallest absolute Gasteiger partial charge is 0.303 e. The summed E-state index contributed by atoms with van der Waals surface area (Å²) in [6, 6.07) is 24.7. The molecular weight excluding hydrogens is 506 g/mol. The van der Waals surface area contributed by atoms with Gasteiger partial charge in [-0.15, -0.1) is 23.1 Å². The van der Waals surface area contributed by atoms with Gasteiger partial charge in [0.05, 0.1) is 12.1 Å². The number of nitrogens with zero attached hydrogens (tertiary/aromatic N) is 1. The highest BCUT2D eigenvalue weighted by molar-refractivity contribution is 8.00. The third-order valence-electron chi connectivity index (χ3n) is 5.38. The normalized spacial score (nSPS) is 11.5. The zero-order valence-corrected chi connectivity index (χ0v) is 21.6. The number of hydrogen-bond acceptors (Lipinski definition) is 6. The molecule has 9 heteroatoms. The van der Waals surface area contributed by atoms with E-state index in [0.717, 1.165) is 21.7 Å². The van der Waals surface area contributed by atoms with Gasteiger partial charge >= 0.3 is 5.97 Å². The van der Waals surface area contributed by atoms with E-state index in [1.165, 1.54) is 28.7 Å². The van der Waals surface area contributed by atoms with E-state index in [-0.39, 0.29) is 24.7 Å². The van der Waals surface area contributed by atoms with E-state index >= 15 is 0 Å². The molecule has 0 bridgehead atoms. The molecule has 1 unspecified atom stereocenters. The highest BCUT2D eigenvalue weighted by atomic mass is 32.2. The number of benzene rings is 3. The molecule has 188 valence electrons. The Morgan fingerprint density at radius 1 is 0.919 bits per heavy atom. The van der Waals surface area contributed by atoms with Crippen LogP contribution >= 0.6 is 23.1 Å². The number of anilines is 2. The molecule has 0 saturated carbocycles. The highest BCUT2D eigenvalue weighted by Crippen LogP contribution is 2.37. The second-order valence-corrected chi connectivity index (χ2v) is 10.3. The summed E-state index contributed by atoms with van der Waals surface area (Å²) in [7, 11) is 0. The molecule has 7 nitrogen and oxygen atoms in total. The monoisotopic (exact) mass is 531 g/mol. The van der Waals surface area contributed by atoms with E-state index in [1.54, 1.807) is 12.1 Å². The molecule has 37 heavy (non-hydrogen) atoms. The lowest BCUT2D eigenvalue weighted by atomic mass is 10.1. The molecule has 0 saturated heterocycles. The maximum absolute atomic E-state index is 13.4. The Hall–Kier alpha value is -3.95. The van der Waals surface area contributed by atoms with E-state index in [4.69, 9.17) is 5.11 Å². The SMILES string of the molecule is Cc1ccc(-c2csc(NC(=O)C(Sc3ccc(NC(=O)CCC(=O)O)cc3)c3ccccc3)n2)cc1. The summed E-state index contributed by atoms with van der Waals surface area (Å²) in [5, 5.41) is 16.3. The predicted octanol–water partition coefficient (Wildman–Crippen LogP) is 6.39. The third-order valence-corrected chi connectivity index (χ3v) is 7.40. The van der Waals surface area contributed by atoms with Crippen LogP contribution in [-0.2, 0) is 14.4 Å². The van der Waals surface area contributed by atoms with E-state index in [1.807, 2.05) is 79.0 Å². The molecule has 0 aliphatic carbocycles. The summed E-state index contributed by atoms with van der Waals surface area (Å²) in [5.74, 6) is -1.57. The summed E-state index contributed by atoms with van der Waals surface area (Å²) in [6.45, 7) is 2.03. The maximum atomic E-state index is 13.4. The summed E-state index contributed by atoms with van der Waals surface area (Å²) in [5.41, 5.74) is 4.39. The van der Waals surface area contributed by atoms with Crippen molar-refractivity contribution in [3.8, 4) is 11.3 Å². The molecule has 0 spiro atoms. The number of carbonyl (C=O) groups is 3. The Morgan fingerprint density at radius 2 is 1.62 bits per heavy atom. The van der Waals surface area contributed by atoms with Crippen LogP contribution in [0, 0.1) is 6.92 Å². The first-order chi connectivity index (χ1) is 17.9. The fourth-order valence-electron chi connectivity index (χ4n) is 3.46. The zero-order valence-electron chi connectivity index (χ0n) is 20.0. The minimum Gasteiger partial charge on any atom is -0.481 e. The van der Waals surface area contributed by atoms with Crippen LogP contribution < -0.4 is 10.6 Å². The second kappa shape index (κ2) is 12.3. The van der Waals surface area contributed by atoms with Crippen LogP contribution in [0.3, 0.4) is 0 Å². The van der Waals surface area contributed by atoms with E-state index in [9.17, 15) is 14.4 Å². The molecule has 3 aromatic carbocycles. The highest BCUT2D eigenvalue weighted by Gasteiger charge is 2.23. The van der Waals surface area contributed by atoms with Crippen LogP contribution in [0.5, 0.6) is 0 Å². The van der Waals surface area contributed by atoms with Gasteiger partial charge in [-0.2, -0.15) is 0 Å². The standard InChI is InChI=1S/C28H25N3O4S2/c1-18-7-9-19(10-8-18)23-17-36-28(30-23)31-27(35)26(20-5-3-2-4-6-20)37-22-13-11-21(12-14-22)29-24(32)15-16-25(33)34/h2-14,17,26H,15-16H2,1H3,(H,29,32)(H,33,34)(H,30,31,35). The van der Waals surface area contributed by atoms with E-state index in [0.29, 0.717) is 10.8 Å². The number of nitrogens with one attached hydrogen (secondary N) is 2. The molecule has 0 radical (unpaired) electrons. The Kier molecular flexibility index (Phi) is 8.71. The molecular formula is C28H25N3O4S2. The topological polar surface area (TPSA) is 108 Å². The average molecular weight is 532 g/mol. The Morgan fingerprint density at radius 3 is 2.30 bits per heavy atom. The largest absolute Gasteiger partial charge is 0.481 e. The number of rotatable bonds is 10. The van der Waals surface area contributed by atoms with Gasteiger partial charge in [-0.3, -0.25) is 14.4 Å². The summed E-state index contributed by atoms with van der Waals surface area (Å²) in [4.78, 5) is 41.4. The minimum absolute atomic E-state index is 0.0928. The molecule has 2 amide bonds. The molecule has 1 heterocycles. The van der Waals surface area contributed by atoms with Gasteiger partial charge < -0.3 is 15.7 Å².